The first-order valence-electron chi connectivity index (χ1n) is 13.1. The van der Waals surface area contributed by atoms with Crippen molar-refractivity contribution in [3.8, 4) is 0 Å². The molecule has 5 nitrogen and oxygen atoms in total. The highest BCUT2D eigenvalue weighted by molar-refractivity contribution is 5.60. The smallest absolute Gasteiger partial charge is 0.434 e. The van der Waals surface area contributed by atoms with E-state index in [1.807, 2.05) is 13.8 Å². The normalized spacial score (nSPS) is 12.3. The van der Waals surface area contributed by atoms with Gasteiger partial charge in [-0.1, -0.05) is 117 Å². The Bertz CT molecular complexity index is 373. The molecule has 0 heterocycles. The quantitative estimate of drug-likeness (QED) is 0.131. The van der Waals surface area contributed by atoms with Gasteiger partial charge in [0.25, 0.3) is 0 Å². The van der Waals surface area contributed by atoms with Gasteiger partial charge in [-0.15, -0.1) is 0 Å². The van der Waals surface area contributed by atoms with Crippen LogP contribution in [0.3, 0.4) is 0 Å². The zero-order valence-electron chi connectivity index (χ0n) is 20.9. The molecule has 31 heavy (non-hydrogen) atoms. The summed E-state index contributed by atoms with van der Waals surface area (Å²) in [5, 5.41) is 9.28. The van der Waals surface area contributed by atoms with Gasteiger partial charge in [-0.05, 0) is 12.3 Å². The van der Waals surface area contributed by atoms with Crippen LogP contribution >= 0.6 is 0 Å². The molecular formula is C26H52O5. The minimum absolute atomic E-state index is 0.214. The third-order valence-electron chi connectivity index (χ3n) is 5.45. The molecule has 1 unspecified atom stereocenters. The molecule has 0 aliphatic heterocycles. The summed E-state index contributed by atoms with van der Waals surface area (Å²) < 4.78 is 15.5. The fourth-order valence-corrected chi connectivity index (χ4v) is 3.50. The molecule has 1 atom stereocenters. The number of aliphatic hydroxyl groups is 1. The summed E-state index contributed by atoms with van der Waals surface area (Å²) in [6.07, 6.45) is 20.2. The molecule has 0 radical (unpaired) electrons. The van der Waals surface area contributed by atoms with E-state index in [0.29, 0.717) is 13.2 Å². The van der Waals surface area contributed by atoms with E-state index in [4.69, 9.17) is 14.2 Å². The monoisotopic (exact) mass is 444 g/mol. The second kappa shape index (κ2) is 23.8. The van der Waals surface area contributed by atoms with Crippen LogP contribution in [-0.2, 0) is 14.2 Å². The molecule has 0 amide bonds. The van der Waals surface area contributed by atoms with Crippen molar-refractivity contribution < 1.29 is 24.1 Å². The number of ether oxygens (including phenoxy) is 3. The number of unbranched alkanes of at least 4 members (excludes halogenated alkanes) is 15. The summed E-state index contributed by atoms with van der Waals surface area (Å²) in [7, 11) is 0. The van der Waals surface area contributed by atoms with Gasteiger partial charge in [0.1, 0.15) is 0 Å². The van der Waals surface area contributed by atoms with E-state index >= 15 is 0 Å². The van der Waals surface area contributed by atoms with Gasteiger partial charge in [0.2, 0.25) is 0 Å². The zero-order valence-corrected chi connectivity index (χ0v) is 20.9. The molecule has 0 fully saturated rings. The molecule has 0 aromatic heterocycles. The first kappa shape index (κ1) is 30.2. The Hall–Kier alpha value is -0.810. The van der Waals surface area contributed by atoms with Crippen LogP contribution in [0.2, 0.25) is 0 Å². The fourth-order valence-electron chi connectivity index (χ4n) is 3.50. The summed E-state index contributed by atoms with van der Waals surface area (Å²) in [5.41, 5.74) is 0. The Kier molecular flexibility index (Phi) is 23.2. The first-order valence-corrected chi connectivity index (χ1v) is 13.1. The van der Waals surface area contributed by atoms with Gasteiger partial charge in [-0.3, -0.25) is 0 Å². The Balaban J connectivity index is 3.30. The highest BCUT2D eigenvalue weighted by atomic mass is 16.7. The van der Waals surface area contributed by atoms with Crippen LogP contribution in [0.1, 0.15) is 124 Å². The van der Waals surface area contributed by atoms with Gasteiger partial charge in [0.05, 0.1) is 19.8 Å². The zero-order chi connectivity index (χ0) is 23.0. The molecule has 0 bridgehead atoms. The van der Waals surface area contributed by atoms with E-state index in [2.05, 4.69) is 6.92 Å². The molecule has 0 spiro atoms. The predicted molar refractivity (Wildman–Crippen MR) is 129 cm³/mol. The molecule has 0 aliphatic carbocycles. The molecule has 0 aliphatic rings. The topological polar surface area (TPSA) is 65.0 Å². The molecule has 5 heteroatoms. The molecule has 0 saturated carbocycles. The average Bonchev–Trinajstić information content (AvgIpc) is 2.76. The van der Waals surface area contributed by atoms with E-state index in [9.17, 15) is 9.90 Å². The highest BCUT2D eigenvalue weighted by Crippen LogP contribution is 2.13. The number of hydrogen-bond acceptors (Lipinski definition) is 5. The second-order valence-corrected chi connectivity index (χ2v) is 9.26. The Morgan fingerprint density at radius 3 is 1.58 bits per heavy atom. The molecule has 0 aromatic rings. The van der Waals surface area contributed by atoms with Crippen LogP contribution < -0.4 is 0 Å². The van der Waals surface area contributed by atoms with Crippen molar-refractivity contribution >= 4 is 6.16 Å². The van der Waals surface area contributed by atoms with E-state index in [1.165, 1.54) is 96.3 Å². The van der Waals surface area contributed by atoms with Crippen LogP contribution in [-0.4, -0.2) is 43.8 Å². The summed E-state index contributed by atoms with van der Waals surface area (Å²) in [6.45, 7) is 7.10. The van der Waals surface area contributed by atoms with Crippen molar-refractivity contribution in [1.82, 2.24) is 0 Å². The van der Waals surface area contributed by atoms with Crippen LogP contribution in [0.4, 0.5) is 4.79 Å². The Labute approximate surface area is 192 Å². The lowest BCUT2D eigenvalue weighted by molar-refractivity contribution is -0.0389. The molecule has 0 rings (SSSR count). The van der Waals surface area contributed by atoms with E-state index < -0.39 is 12.3 Å². The molecule has 1 N–H and O–H groups in total. The molecule has 0 saturated heterocycles. The minimum Gasteiger partial charge on any atom is -0.434 e. The number of rotatable bonds is 23. The van der Waals surface area contributed by atoms with Crippen LogP contribution in [0.5, 0.6) is 0 Å². The van der Waals surface area contributed by atoms with Crippen molar-refractivity contribution in [1.29, 1.82) is 0 Å². The number of hydrogen-bond donors (Lipinski definition) is 1. The minimum atomic E-state index is -0.737. The lowest BCUT2D eigenvalue weighted by Gasteiger charge is -2.16. The largest absolute Gasteiger partial charge is 0.508 e. The Morgan fingerprint density at radius 1 is 0.710 bits per heavy atom. The van der Waals surface area contributed by atoms with Gasteiger partial charge in [-0.25, -0.2) is 4.79 Å². The summed E-state index contributed by atoms with van der Waals surface area (Å²) in [4.78, 5) is 11.5. The maximum Gasteiger partial charge on any atom is 0.508 e. The number of carbonyl (C=O) groups excluding carboxylic acids is 1. The summed E-state index contributed by atoms with van der Waals surface area (Å²) in [5.74, 6) is 0.256. The van der Waals surface area contributed by atoms with Crippen LogP contribution in [0.15, 0.2) is 0 Å². The lowest BCUT2D eigenvalue weighted by Crippen LogP contribution is -2.28. The predicted octanol–water partition coefficient (Wildman–Crippen LogP) is 7.43. The third kappa shape index (κ3) is 23.7. The van der Waals surface area contributed by atoms with Crippen LogP contribution in [0.25, 0.3) is 0 Å². The maximum atomic E-state index is 11.5. The maximum absolute atomic E-state index is 11.5. The average molecular weight is 445 g/mol. The fraction of sp³-hybridized carbons (Fsp3) is 0.962. The molecule has 186 valence electrons. The van der Waals surface area contributed by atoms with Gasteiger partial charge in [0.15, 0.2) is 6.10 Å². The van der Waals surface area contributed by atoms with Crippen molar-refractivity contribution in [3.05, 3.63) is 0 Å². The number of carbonyl (C=O) groups is 1. The van der Waals surface area contributed by atoms with E-state index in [-0.39, 0.29) is 19.1 Å². The standard InChI is InChI=1S/C26H52O5/c1-4-5-6-7-8-9-10-11-12-13-14-15-16-17-18-19-20-29-23-25(21-27)31-26(28)30-22-24(2)3/h24-25,27H,4-23H2,1-3H3. The first-order chi connectivity index (χ1) is 15.1. The summed E-state index contributed by atoms with van der Waals surface area (Å²) in [6, 6.07) is 0. The van der Waals surface area contributed by atoms with Gasteiger partial charge in [0, 0.05) is 6.61 Å². The lowest BCUT2D eigenvalue weighted by atomic mass is 10.0. The second-order valence-electron chi connectivity index (χ2n) is 9.26. The van der Waals surface area contributed by atoms with Gasteiger partial charge in [-0.2, -0.15) is 0 Å². The van der Waals surface area contributed by atoms with Crippen molar-refractivity contribution in [2.45, 2.75) is 130 Å². The molecular weight excluding hydrogens is 392 g/mol. The van der Waals surface area contributed by atoms with Crippen molar-refractivity contribution in [2.75, 3.05) is 26.4 Å². The highest BCUT2D eigenvalue weighted by Gasteiger charge is 2.15. The third-order valence-corrected chi connectivity index (χ3v) is 5.45. The van der Waals surface area contributed by atoms with Crippen molar-refractivity contribution in [3.63, 3.8) is 0 Å². The Morgan fingerprint density at radius 2 is 1.16 bits per heavy atom. The van der Waals surface area contributed by atoms with Crippen molar-refractivity contribution in [2.24, 2.45) is 5.92 Å². The summed E-state index contributed by atoms with van der Waals surface area (Å²) >= 11 is 0. The molecule has 0 aromatic carbocycles. The number of aliphatic hydroxyl groups excluding tert-OH is 1. The van der Waals surface area contributed by atoms with Gasteiger partial charge >= 0.3 is 6.16 Å². The SMILES string of the molecule is CCCCCCCCCCCCCCCCCCOCC(CO)OC(=O)OCC(C)C. The van der Waals surface area contributed by atoms with E-state index in [1.54, 1.807) is 0 Å². The van der Waals surface area contributed by atoms with Gasteiger partial charge < -0.3 is 19.3 Å². The van der Waals surface area contributed by atoms with E-state index in [0.717, 1.165) is 6.42 Å². The van der Waals surface area contributed by atoms with Crippen LogP contribution in [0, 0.1) is 5.92 Å².